The number of rotatable bonds is 5. The minimum absolute atomic E-state index is 0.178. The van der Waals surface area contributed by atoms with Crippen LogP contribution >= 0.6 is 11.6 Å². The summed E-state index contributed by atoms with van der Waals surface area (Å²) in [6.07, 6.45) is 0. The normalized spacial score (nSPS) is 18.9. The lowest BCUT2D eigenvalue weighted by molar-refractivity contribution is 0.0912. The first kappa shape index (κ1) is 15.4. The maximum absolute atomic E-state index is 11.9. The molecular weight excluding hydrogens is 278 g/mol. The SMILES string of the molecule is CC(Cl)c1ccc(C(=O)NCCN2CCN(C)CC2)o1. The number of amides is 1. The molecule has 0 aliphatic carbocycles. The molecule has 1 aliphatic rings. The van der Waals surface area contributed by atoms with Crippen molar-refractivity contribution in [2.24, 2.45) is 0 Å². The van der Waals surface area contributed by atoms with Gasteiger partial charge in [0.05, 0.1) is 5.38 Å². The fourth-order valence-corrected chi connectivity index (χ4v) is 2.29. The van der Waals surface area contributed by atoms with E-state index >= 15 is 0 Å². The molecule has 1 atom stereocenters. The zero-order valence-corrected chi connectivity index (χ0v) is 12.8. The highest BCUT2D eigenvalue weighted by Crippen LogP contribution is 2.21. The van der Waals surface area contributed by atoms with Crippen molar-refractivity contribution in [1.29, 1.82) is 0 Å². The number of alkyl halides is 1. The summed E-state index contributed by atoms with van der Waals surface area (Å²) in [5.41, 5.74) is 0. The molecule has 5 nitrogen and oxygen atoms in total. The first-order valence-electron chi connectivity index (χ1n) is 6.99. The molecule has 1 aliphatic heterocycles. The lowest BCUT2D eigenvalue weighted by Gasteiger charge is -2.32. The maximum atomic E-state index is 11.9. The fraction of sp³-hybridized carbons (Fsp3) is 0.643. The Balaban J connectivity index is 1.72. The third-order valence-electron chi connectivity index (χ3n) is 3.55. The van der Waals surface area contributed by atoms with Crippen molar-refractivity contribution in [1.82, 2.24) is 15.1 Å². The number of carbonyl (C=O) groups is 1. The van der Waals surface area contributed by atoms with Crippen LogP contribution in [0.15, 0.2) is 16.5 Å². The van der Waals surface area contributed by atoms with Gasteiger partial charge in [-0.15, -0.1) is 11.6 Å². The number of carbonyl (C=O) groups excluding carboxylic acids is 1. The summed E-state index contributed by atoms with van der Waals surface area (Å²) >= 11 is 5.90. The van der Waals surface area contributed by atoms with Crippen molar-refractivity contribution in [3.63, 3.8) is 0 Å². The van der Waals surface area contributed by atoms with Gasteiger partial charge in [-0.3, -0.25) is 9.69 Å². The smallest absolute Gasteiger partial charge is 0.287 e. The van der Waals surface area contributed by atoms with Crippen LogP contribution < -0.4 is 5.32 Å². The van der Waals surface area contributed by atoms with E-state index in [1.165, 1.54) is 0 Å². The van der Waals surface area contributed by atoms with Crippen LogP contribution in [0.4, 0.5) is 0 Å². The van der Waals surface area contributed by atoms with Crippen LogP contribution in [0.25, 0.3) is 0 Å². The zero-order valence-electron chi connectivity index (χ0n) is 12.1. The Kier molecular flexibility index (Phi) is 5.46. The molecule has 0 bridgehead atoms. The van der Waals surface area contributed by atoms with Crippen molar-refractivity contribution in [3.05, 3.63) is 23.7 Å². The number of hydrogen-bond acceptors (Lipinski definition) is 4. The lowest BCUT2D eigenvalue weighted by Crippen LogP contribution is -2.46. The highest BCUT2D eigenvalue weighted by Gasteiger charge is 2.15. The lowest BCUT2D eigenvalue weighted by atomic mass is 10.3. The molecule has 1 aromatic heterocycles. The average molecular weight is 300 g/mol. The van der Waals surface area contributed by atoms with Crippen LogP contribution in [0.1, 0.15) is 28.6 Å². The van der Waals surface area contributed by atoms with Crippen molar-refractivity contribution in [2.75, 3.05) is 46.3 Å². The minimum Gasteiger partial charge on any atom is -0.454 e. The maximum Gasteiger partial charge on any atom is 0.287 e. The second-order valence-corrected chi connectivity index (χ2v) is 5.87. The molecule has 1 fully saturated rings. The van der Waals surface area contributed by atoms with E-state index in [0.717, 1.165) is 32.7 Å². The predicted octanol–water partition coefficient (Wildman–Crippen LogP) is 1.56. The topological polar surface area (TPSA) is 48.7 Å². The molecule has 2 rings (SSSR count). The van der Waals surface area contributed by atoms with Gasteiger partial charge < -0.3 is 14.6 Å². The van der Waals surface area contributed by atoms with Crippen molar-refractivity contribution in [2.45, 2.75) is 12.3 Å². The second kappa shape index (κ2) is 7.11. The Bertz CT molecular complexity index is 439. The van der Waals surface area contributed by atoms with Crippen LogP contribution in [-0.4, -0.2) is 62.0 Å². The van der Waals surface area contributed by atoms with Gasteiger partial charge in [-0.1, -0.05) is 0 Å². The predicted molar refractivity (Wildman–Crippen MR) is 79.2 cm³/mol. The van der Waals surface area contributed by atoms with Gasteiger partial charge in [0.1, 0.15) is 5.76 Å². The van der Waals surface area contributed by atoms with E-state index in [4.69, 9.17) is 16.0 Å². The molecule has 1 saturated heterocycles. The van der Waals surface area contributed by atoms with Gasteiger partial charge in [0, 0.05) is 39.3 Å². The molecule has 0 aromatic carbocycles. The van der Waals surface area contributed by atoms with Crippen LogP contribution in [-0.2, 0) is 0 Å². The van der Waals surface area contributed by atoms with Crippen LogP contribution in [0.5, 0.6) is 0 Å². The number of halogens is 1. The van der Waals surface area contributed by atoms with Gasteiger partial charge in [0.15, 0.2) is 5.76 Å². The van der Waals surface area contributed by atoms with Crippen LogP contribution in [0.2, 0.25) is 0 Å². The van der Waals surface area contributed by atoms with E-state index in [1.807, 2.05) is 6.92 Å². The van der Waals surface area contributed by atoms with Crippen LogP contribution in [0, 0.1) is 0 Å². The van der Waals surface area contributed by atoms with E-state index in [2.05, 4.69) is 22.2 Å². The summed E-state index contributed by atoms with van der Waals surface area (Å²) in [6.45, 7) is 7.61. The minimum atomic E-state index is -0.220. The largest absolute Gasteiger partial charge is 0.454 e. The summed E-state index contributed by atoms with van der Waals surface area (Å²) in [5.74, 6) is 0.768. The molecule has 20 heavy (non-hydrogen) atoms. The van der Waals surface area contributed by atoms with Crippen molar-refractivity contribution >= 4 is 17.5 Å². The number of nitrogens with one attached hydrogen (secondary N) is 1. The number of likely N-dealkylation sites (N-methyl/N-ethyl adjacent to an activating group) is 1. The Labute approximate surface area is 124 Å². The van der Waals surface area contributed by atoms with Gasteiger partial charge in [-0.05, 0) is 26.1 Å². The van der Waals surface area contributed by atoms with E-state index in [9.17, 15) is 4.79 Å². The zero-order chi connectivity index (χ0) is 14.5. The second-order valence-electron chi connectivity index (χ2n) is 5.22. The molecule has 1 amide bonds. The fourth-order valence-electron chi connectivity index (χ4n) is 2.17. The molecule has 2 heterocycles. The highest BCUT2D eigenvalue weighted by molar-refractivity contribution is 6.20. The third kappa shape index (κ3) is 4.23. The van der Waals surface area contributed by atoms with Gasteiger partial charge >= 0.3 is 0 Å². The van der Waals surface area contributed by atoms with E-state index < -0.39 is 0 Å². The summed E-state index contributed by atoms with van der Waals surface area (Å²) < 4.78 is 5.40. The molecule has 112 valence electrons. The number of nitrogens with zero attached hydrogens (tertiary/aromatic N) is 2. The monoisotopic (exact) mass is 299 g/mol. The van der Waals surface area contributed by atoms with E-state index in [0.29, 0.717) is 18.1 Å². The molecule has 0 radical (unpaired) electrons. The summed E-state index contributed by atoms with van der Waals surface area (Å²) in [5, 5.41) is 2.66. The Morgan fingerprint density at radius 2 is 2.10 bits per heavy atom. The summed E-state index contributed by atoms with van der Waals surface area (Å²) in [4.78, 5) is 16.6. The van der Waals surface area contributed by atoms with E-state index in [-0.39, 0.29) is 11.3 Å². The average Bonchev–Trinajstić information content (AvgIpc) is 2.91. The van der Waals surface area contributed by atoms with Crippen molar-refractivity contribution < 1.29 is 9.21 Å². The van der Waals surface area contributed by atoms with Crippen molar-refractivity contribution in [3.8, 4) is 0 Å². The van der Waals surface area contributed by atoms with Gasteiger partial charge in [-0.2, -0.15) is 0 Å². The number of hydrogen-bond donors (Lipinski definition) is 1. The standard InChI is InChI=1S/C14H22ClN3O2/c1-11(15)12-3-4-13(20-12)14(19)16-5-6-18-9-7-17(2)8-10-18/h3-4,11H,5-10H2,1-2H3,(H,16,19). The molecule has 1 N–H and O–H groups in total. The number of piperazine rings is 1. The first-order valence-corrected chi connectivity index (χ1v) is 7.43. The van der Waals surface area contributed by atoms with Gasteiger partial charge in [0.2, 0.25) is 0 Å². The molecular formula is C14H22ClN3O2. The molecule has 6 heteroatoms. The summed E-state index contributed by atoms with van der Waals surface area (Å²) in [6, 6.07) is 3.41. The van der Waals surface area contributed by atoms with E-state index in [1.54, 1.807) is 12.1 Å². The van der Waals surface area contributed by atoms with Gasteiger partial charge in [-0.25, -0.2) is 0 Å². The highest BCUT2D eigenvalue weighted by atomic mass is 35.5. The third-order valence-corrected chi connectivity index (χ3v) is 3.77. The van der Waals surface area contributed by atoms with Crippen LogP contribution in [0.3, 0.4) is 0 Å². The molecule has 0 saturated carbocycles. The molecule has 0 spiro atoms. The Morgan fingerprint density at radius 3 is 2.70 bits per heavy atom. The molecule has 1 aromatic rings. The number of furan rings is 1. The Hall–Kier alpha value is -1.04. The first-order chi connectivity index (χ1) is 9.56. The Morgan fingerprint density at radius 1 is 1.40 bits per heavy atom. The summed E-state index contributed by atoms with van der Waals surface area (Å²) in [7, 11) is 2.13. The quantitative estimate of drug-likeness (QED) is 0.838. The molecule has 1 unspecified atom stereocenters. The van der Waals surface area contributed by atoms with Gasteiger partial charge in [0.25, 0.3) is 5.91 Å².